The normalized spacial score (nSPS) is 21.6. The Balaban J connectivity index is 1.43. The Hall–Kier alpha value is -3.52. The van der Waals surface area contributed by atoms with Crippen molar-refractivity contribution in [2.45, 2.75) is 56.7 Å². The van der Waals surface area contributed by atoms with Crippen molar-refractivity contribution in [2.24, 2.45) is 0 Å². The van der Waals surface area contributed by atoms with E-state index in [0.29, 0.717) is 38.4 Å². The zero-order valence-electron chi connectivity index (χ0n) is 21.2. The molecule has 0 aliphatic carbocycles. The molecule has 5 heterocycles. The molecule has 3 aromatic heterocycles. The zero-order valence-corrected chi connectivity index (χ0v) is 21.2. The molecule has 3 N–H and O–H groups in total. The van der Waals surface area contributed by atoms with E-state index in [9.17, 15) is 27.5 Å². The maximum absolute atomic E-state index is 14.0. The number of alkyl halides is 4. The minimum Gasteiger partial charge on any atom is -0.390 e. The fourth-order valence-electron chi connectivity index (χ4n) is 4.75. The van der Waals surface area contributed by atoms with Crippen molar-refractivity contribution < 1.29 is 32.2 Å². The molecule has 0 aromatic carbocycles. The molecular weight excluding hydrogens is 522 g/mol. The molecule has 2 saturated heterocycles. The number of pyridine rings is 1. The van der Waals surface area contributed by atoms with Crippen LogP contribution in [0.4, 0.5) is 35.1 Å². The van der Waals surface area contributed by atoms with E-state index in [0.717, 1.165) is 11.5 Å². The van der Waals surface area contributed by atoms with E-state index >= 15 is 0 Å². The Morgan fingerprint density at radius 2 is 1.97 bits per heavy atom. The van der Waals surface area contributed by atoms with Crippen LogP contribution in [0.15, 0.2) is 30.7 Å². The lowest BCUT2D eigenvalue weighted by atomic mass is 10.1. The Morgan fingerprint density at radius 1 is 1.21 bits per heavy atom. The van der Waals surface area contributed by atoms with E-state index < -0.39 is 30.4 Å². The number of nitrogens with zero attached hydrogens (tertiary/aromatic N) is 5. The molecule has 0 unspecified atom stereocenters. The molecule has 2 aliphatic rings. The molecule has 2 fully saturated rings. The first-order chi connectivity index (χ1) is 18.6. The lowest BCUT2D eigenvalue weighted by Crippen LogP contribution is -2.45. The summed E-state index contributed by atoms with van der Waals surface area (Å²) in [6.07, 6.45) is -1.48. The molecule has 210 valence electrons. The number of amides is 1. The fourth-order valence-corrected chi connectivity index (χ4v) is 4.75. The molecule has 39 heavy (non-hydrogen) atoms. The Morgan fingerprint density at radius 3 is 2.69 bits per heavy atom. The van der Waals surface area contributed by atoms with Crippen molar-refractivity contribution in [3.8, 4) is 0 Å². The number of carbonyl (C=O) groups excluding carboxylic acids is 1. The molecule has 2 aliphatic heterocycles. The molecule has 5 rings (SSSR count). The second-order valence-electron chi connectivity index (χ2n) is 9.80. The molecular formula is C25H29F4N7O3. The van der Waals surface area contributed by atoms with Gasteiger partial charge in [-0.2, -0.15) is 18.2 Å². The van der Waals surface area contributed by atoms with Gasteiger partial charge in [0.15, 0.2) is 0 Å². The van der Waals surface area contributed by atoms with Crippen LogP contribution >= 0.6 is 0 Å². The van der Waals surface area contributed by atoms with Crippen molar-refractivity contribution in [2.75, 3.05) is 36.5 Å². The summed E-state index contributed by atoms with van der Waals surface area (Å²) in [5, 5.41) is 15.8. The van der Waals surface area contributed by atoms with Gasteiger partial charge in [0.05, 0.1) is 23.7 Å². The average Bonchev–Trinajstić information content (AvgIpc) is 3.29. The maximum Gasteiger partial charge on any atom is 0.408 e. The van der Waals surface area contributed by atoms with Gasteiger partial charge in [0.1, 0.15) is 23.8 Å². The monoisotopic (exact) mass is 551 g/mol. The van der Waals surface area contributed by atoms with Crippen LogP contribution in [0.3, 0.4) is 0 Å². The highest BCUT2D eigenvalue weighted by Gasteiger charge is 2.38. The van der Waals surface area contributed by atoms with Crippen LogP contribution in [0.25, 0.3) is 10.9 Å². The smallest absolute Gasteiger partial charge is 0.390 e. The maximum atomic E-state index is 14.0. The number of anilines is 3. The summed E-state index contributed by atoms with van der Waals surface area (Å²) in [6, 6.07) is 0.958. The lowest BCUT2D eigenvalue weighted by molar-refractivity contribution is -0.162. The van der Waals surface area contributed by atoms with Crippen LogP contribution in [-0.4, -0.2) is 81.3 Å². The fraction of sp³-hybridized carbons (Fsp3) is 0.520. The van der Waals surface area contributed by atoms with E-state index in [4.69, 9.17) is 4.74 Å². The number of hydrogen-bond acceptors (Lipinski definition) is 8. The summed E-state index contributed by atoms with van der Waals surface area (Å²) in [7, 11) is 0. The summed E-state index contributed by atoms with van der Waals surface area (Å²) in [5.41, 5.74) is 0.276. The van der Waals surface area contributed by atoms with E-state index in [1.807, 2.05) is 0 Å². The second kappa shape index (κ2) is 10.9. The molecule has 0 spiro atoms. The van der Waals surface area contributed by atoms with E-state index in [-0.39, 0.29) is 47.2 Å². The van der Waals surface area contributed by atoms with E-state index in [1.54, 1.807) is 11.0 Å². The molecule has 0 radical (unpaired) electrons. The quantitative estimate of drug-likeness (QED) is 0.399. The Kier molecular flexibility index (Phi) is 7.58. The SMILES string of the molecule is C[C@H](n1cc(C(=O)NC2CCOCC2)c2cnc(Nc3ccnc(N4CC[C@@H](O)[C@@H](F)C4)n3)cc21)C(F)(F)F. The van der Waals surface area contributed by atoms with Gasteiger partial charge in [-0.25, -0.2) is 14.4 Å². The highest BCUT2D eigenvalue weighted by atomic mass is 19.4. The Labute approximate surface area is 221 Å². The van der Waals surface area contributed by atoms with Crippen LogP contribution in [0.1, 0.15) is 42.6 Å². The van der Waals surface area contributed by atoms with Gasteiger partial charge < -0.3 is 29.9 Å². The number of piperidine rings is 1. The summed E-state index contributed by atoms with van der Waals surface area (Å²) in [6.45, 7) is 2.35. The molecule has 1 amide bonds. The molecule has 10 nitrogen and oxygen atoms in total. The minimum atomic E-state index is -4.55. The third-order valence-electron chi connectivity index (χ3n) is 7.10. The number of aliphatic hydroxyl groups is 1. The van der Waals surface area contributed by atoms with Gasteiger partial charge in [-0.1, -0.05) is 0 Å². The highest BCUT2D eigenvalue weighted by Crippen LogP contribution is 2.35. The number of fused-ring (bicyclic) bond motifs is 1. The van der Waals surface area contributed by atoms with Gasteiger partial charge in [0.2, 0.25) is 5.95 Å². The van der Waals surface area contributed by atoms with Gasteiger partial charge in [-0.05, 0) is 32.3 Å². The third kappa shape index (κ3) is 5.91. The predicted molar refractivity (Wildman–Crippen MR) is 135 cm³/mol. The number of hydrogen-bond donors (Lipinski definition) is 3. The average molecular weight is 552 g/mol. The van der Waals surface area contributed by atoms with Crippen molar-refractivity contribution in [1.82, 2.24) is 24.8 Å². The first-order valence-corrected chi connectivity index (χ1v) is 12.7. The van der Waals surface area contributed by atoms with Crippen LogP contribution in [0.2, 0.25) is 0 Å². The van der Waals surface area contributed by atoms with Gasteiger partial charge in [-0.15, -0.1) is 0 Å². The van der Waals surface area contributed by atoms with E-state index in [2.05, 4.69) is 25.6 Å². The first kappa shape index (κ1) is 27.1. The number of halogens is 4. The van der Waals surface area contributed by atoms with Crippen molar-refractivity contribution in [3.63, 3.8) is 0 Å². The van der Waals surface area contributed by atoms with Gasteiger partial charge >= 0.3 is 6.18 Å². The molecule has 0 saturated carbocycles. The number of rotatable bonds is 6. The number of aliphatic hydroxyl groups excluding tert-OH is 1. The first-order valence-electron chi connectivity index (χ1n) is 12.7. The Bertz CT molecular complexity index is 1330. The number of carbonyl (C=O) groups is 1. The minimum absolute atomic E-state index is 0.0591. The van der Waals surface area contributed by atoms with Crippen molar-refractivity contribution in [3.05, 3.63) is 36.3 Å². The third-order valence-corrected chi connectivity index (χ3v) is 7.10. The summed E-state index contributed by atoms with van der Waals surface area (Å²) < 4.78 is 61.5. The van der Waals surface area contributed by atoms with Crippen LogP contribution in [0, 0.1) is 0 Å². The summed E-state index contributed by atoms with van der Waals surface area (Å²) >= 11 is 0. The molecule has 3 atom stereocenters. The second-order valence-corrected chi connectivity index (χ2v) is 9.80. The molecule has 14 heteroatoms. The molecule has 0 bridgehead atoms. The van der Waals surface area contributed by atoms with Gasteiger partial charge in [-0.3, -0.25) is 4.79 Å². The number of aromatic nitrogens is 4. The molecule has 3 aromatic rings. The number of nitrogens with one attached hydrogen (secondary N) is 2. The summed E-state index contributed by atoms with van der Waals surface area (Å²) in [4.78, 5) is 27.5. The highest BCUT2D eigenvalue weighted by molar-refractivity contribution is 6.07. The number of ether oxygens (including phenoxy) is 1. The topological polar surface area (TPSA) is 117 Å². The van der Waals surface area contributed by atoms with E-state index in [1.165, 1.54) is 24.7 Å². The van der Waals surface area contributed by atoms with Crippen molar-refractivity contribution >= 4 is 34.4 Å². The van der Waals surface area contributed by atoms with Gasteiger partial charge in [0, 0.05) is 55.8 Å². The zero-order chi connectivity index (χ0) is 27.7. The van der Waals surface area contributed by atoms with Crippen LogP contribution in [-0.2, 0) is 4.74 Å². The van der Waals surface area contributed by atoms with Crippen LogP contribution < -0.4 is 15.5 Å². The van der Waals surface area contributed by atoms with Crippen LogP contribution in [0.5, 0.6) is 0 Å². The predicted octanol–water partition coefficient (Wildman–Crippen LogP) is 3.51. The van der Waals surface area contributed by atoms with Crippen molar-refractivity contribution in [1.29, 1.82) is 0 Å². The largest absolute Gasteiger partial charge is 0.408 e. The summed E-state index contributed by atoms with van der Waals surface area (Å²) in [5.74, 6) is 0.278. The standard InChI is InChI=1S/C25H29F4N7O3/c1-14(25(27,28)29)36-12-17(23(38)32-15-4-8-39-9-5-15)16-11-31-22(10-19(16)36)33-21-2-6-30-24(34-21)35-7-3-20(37)18(26)13-35/h2,6,10-12,14-15,18,20,37H,3-5,7-9,13H2,1H3,(H,32,38)(H,30,31,33,34)/t14-,18-,20+/m0/s1. The van der Waals surface area contributed by atoms with Gasteiger partial charge in [0.25, 0.3) is 5.91 Å². The lowest BCUT2D eigenvalue weighted by Gasteiger charge is -2.32.